The lowest BCUT2D eigenvalue weighted by Crippen LogP contribution is -2.35. The zero-order valence-electron chi connectivity index (χ0n) is 12.5. The van der Waals surface area contributed by atoms with E-state index in [1.807, 2.05) is 55.4 Å². The normalized spacial score (nSPS) is 15.7. The molecule has 0 saturated heterocycles. The van der Waals surface area contributed by atoms with E-state index >= 15 is 0 Å². The summed E-state index contributed by atoms with van der Waals surface area (Å²) in [6.45, 7) is 0.510. The van der Waals surface area contributed by atoms with Gasteiger partial charge in [-0.25, -0.2) is 0 Å². The minimum atomic E-state index is -0.0187. The monoisotopic (exact) mass is 313 g/mol. The summed E-state index contributed by atoms with van der Waals surface area (Å²) < 4.78 is 0. The first-order valence-corrected chi connectivity index (χ1v) is 7.32. The van der Waals surface area contributed by atoms with Crippen molar-refractivity contribution in [1.82, 2.24) is 9.88 Å². The van der Waals surface area contributed by atoms with Crippen LogP contribution in [0.25, 0.3) is 11.6 Å². The Hall–Kier alpha value is -2.17. The Labute approximate surface area is 134 Å². The number of anilines is 1. The van der Waals surface area contributed by atoms with E-state index in [9.17, 15) is 4.79 Å². The SMILES string of the molecule is CN(C)CN1C(=O)/C(=C\c2cccnc2)c2ccc(Cl)cc21. The number of fused-ring (bicyclic) bond motifs is 1. The Morgan fingerprint density at radius 1 is 1.32 bits per heavy atom. The number of hydrogen-bond donors (Lipinski definition) is 0. The molecule has 2 heterocycles. The minimum Gasteiger partial charge on any atom is -0.294 e. The second-order valence-corrected chi connectivity index (χ2v) is 5.90. The topological polar surface area (TPSA) is 36.4 Å². The molecule has 1 aliphatic rings. The van der Waals surface area contributed by atoms with E-state index < -0.39 is 0 Å². The van der Waals surface area contributed by atoms with Gasteiger partial charge in [-0.1, -0.05) is 23.7 Å². The highest BCUT2D eigenvalue weighted by molar-refractivity contribution is 6.37. The molecule has 0 saturated carbocycles. The second-order valence-electron chi connectivity index (χ2n) is 5.46. The third-order valence-electron chi connectivity index (χ3n) is 3.44. The van der Waals surface area contributed by atoms with Crippen molar-refractivity contribution in [3.63, 3.8) is 0 Å². The number of nitrogens with zero attached hydrogens (tertiary/aromatic N) is 3. The van der Waals surface area contributed by atoms with Crippen LogP contribution in [0.4, 0.5) is 5.69 Å². The average molecular weight is 314 g/mol. The van der Waals surface area contributed by atoms with E-state index in [0.29, 0.717) is 17.3 Å². The van der Waals surface area contributed by atoms with Gasteiger partial charge in [0, 0.05) is 28.6 Å². The fourth-order valence-corrected chi connectivity index (χ4v) is 2.68. The highest BCUT2D eigenvalue weighted by Crippen LogP contribution is 2.39. The predicted molar refractivity (Wildman–Crippen MR) is 89.6 cm³/mol. The van der Waals surface area contributed by atoms with Gasteiger partial charge in [-0.2, -0.15) is 0 Å². The second kappa shape index (κ2) is 5.91. The van der Waals surface area contributed by atoms with E-state index in [1.54, 1.807) is 17.3 Å². The van der Waals surface area contributed by atoms with Gasteiger partial charge >= 0.3 is 0 Å². The van der Waals surface area contributed by atoms with Crippen LogP contribution in [0.15, 0.2) is 42.7 Å². The zero-order chi connectivity index (χ0) is 15.7. The van der Waals surface area contributed by atoms with Crippen LogP contribution in [0.2, 0.25) is 5.02 Å². The molecule has 0 unspecified atom stereocenters. The number of amides is 1. The first-order chi connectivity index (χ1) is 10.6. The number of benzene rings is 1. The maximum Gasteiger partial charge on any atom is 0.260 e. The molecular formula is C17H16ClN3O. The van der Waals surface area contributed by atoms with Crippen LogP contribution in [0.1, 0.15) is 11.1 Å². The predicted octanol–water partition coefficient (Wildman–Crippen LogP) is 3.14. The molecule has 3 rings (SSSR count). The Bertz CT molecular complexity index is 741. The van der Waals surface area contributed by atoms with Gasteiger partial charge in [-0.05, 0) is 43.9 Å². The highest BCUT2D eigenvalue weighted by atomic mass is 35.5. The summed E-state index contributed by atoms with van der Waals surface area (Å²) in [6.07, 6.45) is 5.33. The number of halogens is 1. The lowest BCUT2D eigenvalue weighted by Gasteiger charge is -2.21. The van der Waals surface area contributed by atoms with Crippen LogP contribution in [-0.4, -0.2) is 36.6 Å². The van der Waals surface area contributed by atoms with Crippen LogP contribution in [0.5, 0.6) is 0 Å². The van der Waals surface area contributed by atoms with E-state index in [-0.39, 0.29) is 5.91 Å². The molecule has 0 bridgehead atoms. The molecular weight excluding hydrogens is 298 g/mol. The van der Waals surface area contributed by atoms with Crippen molar-refractivity contribution in [3.05, 3.63) is 58.9 Å². The largest absolute Gasteiger partial charge is 0.294 e. The lowest BCUT2D eigenvalue weighted by atomic mass is 10.1. The molecule has 0 fully saturated rings. The summed E-state index contributed by atoms with van der Waals surface area (Å²) in [4.78, 5) is 20.6. The number of aromatic nitrogens is 1. The fraction of sp³-hybridized carbons (Fsp3) is 0.176. The van der Waals surface area contributed by atoms with Crippen molar-refractivity contribution in [3.8, 4) is 0 Å². The van der Waals surface area contributed by atoms with Gasteiger partial charge in [0.1, 0.15) is 0 Å². The highest BCUT2D eigenvalue weighted by Gasteiger charge is 2.32. The van der Waals surface area contributed by atoms with Crippen molar-refractivity contribution in [2.24, 2.45) is 0 Å². The Balaban J connectivity index is 2.10. The van der Waals surface area contributed by atoms with E-state index in [4.69, 9.17) is 11.6 Å². The molecule has 0 spiro atoms. The van der Waals surface area contributed by atoms with Crippen molar-refractivity contribution in [2.45, 2.75) is 0 Å². The minimum absolute atomic E-state index is 0.0187. The zero-order valence-corrected chi connectivity index (χ0v) is 13.2. The fourth-order valence-electron chi connectivity index (χ4n) is 2.52. The Kier molecular flexibility index (Phi) is 3.96. The molecule has 2 aromatic rings. The average Bonchev–Trinajstić information content (AvgIpc) is 2.73. The third-order valence-corrected chi connectivity index (χ3v) is 3.67. The first-order valence-electron chi connectivity index (χ1n) is 6.94. The smallest absolute Gasteiger partial charge is 0.260 e. The van der Waals surface area contributed by atoms with Crippen molar-refractivity contribution < 1.29 is 4.79 Å². The van der Waals surface area contributed by atoms with Crippen molar-refractivity contribution in [1.29, 1.82) is 0 Å². The summed E-state index contributed by atoms with van der Waals surface area (Å²) in [5, 5.41) is 0.623. The van der Waals surface area contributed by atoms with E-state index in [2.05, 4.69) is 4.98 Å². The quantitative estimate of drug-likeness (QED) is 0.817. The Morgan fingerprint density at radius 3 is 2.82 bits per heavy atom. The molecule has 1 amide bonds. The van der Waals surface area contributed by atoms with Crippen LogP contribution >= 0.6 is 11.6 Å². The number of carbonyl (C=O) groups is 1. The maximum atomic E-state index is 12.8. The van der Waals surface area contributed by atoms with Crippen molar-refractivity contribution in [2.75, 3.05) is 25.7 Å². The molecule has 0 aliphatic carbocycles. The third kappa shape index (κ3) is 2.75. The van der Waals surface area contributed by atoms with Crippen LogP contribution in [-0.2, 0) is 4.79 Å². The summed E-state index contributed by atoms with van der Waals surface area (Å²) >= 11 is 6.10. The van der Waals surface area contributed by atoms with Gasteiger partial charge < -0.3 is 0 Å². The molecule has 1 aliphatic heterocycles. The summed E-state index contributed by atoms with van der Waals surface area (Å²) in [6, 6.07) is 9.32. The molecule has 4 nitrogen and oxygen atoms in total. The summed E-state index contributed by atoms with van der Waals surface area (Å²) in [5.41, 5.74) is 3.32. The van der Waals surface area contributed by atoms with Gasteiger partial charge in [0.25, 0.3) is 5.91 Å². The molecule has 0 atom stereocenters. The van der Waals surface area contributed by atoms with Gasteiger partial charge in [0.2, 0.25) is 0 Å². The number of carbonyl (C=O) groups excluding carboxylic acids is 1. The molecule has 22 heavy (non-hydrogen) atoms. The van der Waals surface area contributed by atoms with E-state index in [1.165, 1.54) is 0 Å². The summed E-state index contributed by atoms with van der Waals surface area (Å²) in [7, 11) is 3.86. The van der Waals surface area contributed by atoms with Crippen LogP contribution < -0.4 is 4.90 Å². The first kappa shape index (κ1) is 14.8. The van der Waals surface area contributed by atoms with Gasteiger partial charge in [0.15, 0.2) is 0 Å². The van der Waals surface area contributed by atoms with E-state index in [0.717, 1.165) is 16.8 Å². The van der Waals surface area contributed by atoms with Gasteiger partial charge in [-0.3, -0.25) is 19.6 Å². The molecule has 5 heteroatoms. The Morgan fingerprint density at radius 2 is 2.14 bits per heavy atom. The molecule has 0 radical (unpaired) electrons. The maximum absolute atomic E-state index is 12.8. The van der Waals surface area contributed by atoms with Crippen LogP contribution in [0, 0.1) is 0 Å². The van der Waals surface area contributed by atoms with Crippen LogP contribution in [0.3, 0.4) is 0 Å². The molecule has 112 valence electrons. The molecule has 1 aromatic carbocycles. The summed E-state index contributed by atoms with van der Waals surface area (Å²) in [5.74, 6) is -0.0187. The number of pyridine rings is 1. The molecule has 0 N–H and O–H groups in total. The van der Waals surface area contributed by atoms with Gasteiger partial charge in [-0.15, -0.1) is 0 Å². The van der Waals surface area contributed by atoms with Crippen molar-refractivity contribution >= 4 is 34.8 Å². The van der Waals surface area contributed by atoms with Gasteiger partial charge in [0.05, 0.1) is 12.4 Å². The molecule has 1 aromatic heterocycles. The standard InChI is InChI=1S/C17H16ClN3O/c1-20(2)11-21-16-9-13(18)5-6-14(16)15(17(21)22)8-12-4-3-7-19-10-12/h3-10H,11H2,1-2H3/b15-8-. The number of hydrogen-bond acceptors (Lipinski definition) is 3. The number of rotatable bonds is 3. The lowest BCUT2D eigenvalue weighted by molar-refractivity contribution is -0.113.